The summed E-state index contributed by atoms with van der Waals surface area (Å²) in [6.07, 6.45) is 1.46. The molecule has 0 radical (unpaired) electrons. The van der Waals surface area contributed by atoms with Crippen molar-refractivity contribution in [2.75, 3.05) is 7.05 Å². The molecule has 0 amide bonds. The van der Waals surface area contributed by atoms with Gasteiger partial charge in [-0.15, -0.1) is 0 Å². The Balaban J connectivity index is 2.53. The van der Waals surface area contributed by atoms with E-state index in [0.29, 0.717) is 10.2 Å². The summed E-state index contributed by atoms with van der Waals surface area (Å²) in [5.41, 5.74) is 0.633. The minimum Gasteiger partial charge on any atom is -0.457 e. The fourth-order valence-corrected chi connectivity index (χ4v) is 2.22. The minimum atomic E-state index is -0.593. The SMILES string of the molecule is CNC(c1ccoc1Br)c1c(F)cccc1F. The summed E-state index contributed by atoms with van der Waals surface area (Å²) in [5, 5.41) is 2.87. The molecule has 1 atom stereocenters. The van der Waals surface area contributed by atoms with Crippen LogP contribution in [0.3, 0.4) is 0 Å². The lowest BCUT2D eigenvalue weighted by Crippen LogP contribution is -2.20. The van der Waals surface area contributed by atoms with E-state index >= 15 is 0 Å². The Bertz CT molecular complexity index is 507. The van der Waals surface area contributed by atoms with Crippen molar-refractivity contribution in [3.8, 4) is 0 Å². The van der Waals surface area contributed by atoms with Crippen LogP contribution < -0.4 is 5.32 Å². The van der Waals surface area contributed by atoms with Gasteiger partial charge in [-0.2, -0.15) is 0 Å². The van der Waals surface area contributed by atoms with E-state index in [9.17, 15) is 8.78 Å². The van der Waals surface area contributed by atoms with E-state index in [2.05, 4.69) is 21.2 Å². The highest BCUT2D eigenvalue weighted by atomic mass is 79.9. The zero-order valence-corrected chi connectivity index (χ0v) is 10.6. The average molecular weight is 302 g/mol. The molecule has 1 aromatic carbocycles. The van der Waals surface area contributed by atoms with E-state index in [1.165, 1.54) is 24.5 Å². The van der Waals surface area contributed by atoms with Crippen molar-refractivity contribution in [1.29, 1.82) is 0 Å². The highest BCUT2D eigenvalue weighted by Crippen LogP contribution is 2.31. The fraction of sp³-hybridized carbons (Fsp3) is 0.167. The molecular formula is C12H10BrF2NO. The molecule has 1 N–H and O–H groups in total. The first-order valence-electron chi connectivity index (χ1n) is 4.99. The quantitative estimate of drug-likeness (QED) is 0.936. The first-order chi connectivity index (χ1) is 8.15. The van der Waals surface area contributed by atoms with Gasteiger partial charge in [0.2, 0.25) is 0 Å². The molecular weight excluding hydrogens is 292 g/mol. The Morgan fingerprint density at radius 2 is 1.88 bits per heavy atom. The van der Waals surface area contributed by atoms with Gasteiger partial charge in [0.25, 0.3) is 0 Å². The molecule has 0 spiro atoms. The number of halogens is 3. The van der Waals surface area contributed by atoms with E-state index in [-0.39, 0.29) is 5.56 Å². The lowest BCUT2D eigenvalue weighted by atomic mass is 10.0. The van der Waals surface area contributed by atoms with Crippen LogP contribution in [0.1, 0.15) is 17.2 Å². The van der Waals surface area contributed by atoms with Crippen LogP contribution in [-0.2, 0) is 0 Å². The van der Waals surface area contributed by atoms with Crippen molar-refractivity contribution < 1.29 is 13.2 Å². The number of furan rings is 1. The molecule has 0 fully saturated rings. The summed E-state index contributed by atoms with van der Waals surface area (Å²) >= 11 is 3.20. The summed E-state index contributed by atoms with van der Waals surface area (Å²) < 4.78 is 32.9. The molecule has 0 saturated heterocycles. The van der Waals surface area contributed by atoms with Crippen LogP contribution >= 0.6 is 15.9 Å². The predicted octanol–water partition coefficient (Wildman–Crippen LogP) is 3.63. The van der Waals surface area contributed by atoms with Gasteiger partial charge < -0.3 is 9.73 Å². The van der Waals surface area contributed by atoms with Crippen molar-refractivity contribution >= 4 is 15.9 Å². The maximum Gasteiger partial charge on any atom is 0.174 e. The van der Waals surface area contributed by atoms with E-state index in [1.807, 2.05) is 0 Å². The van der Waals surface area contributed by atoms with E-state index < -0.39 is 17.7 Å². The Morgan fingerprint density at radius 3 is 2.35 bits per heavy atom. The average Bonchev–Trinajstić information content (AvgIpc) is 2.70. The highest BCUT2D eigenvalue weighted by Gasteiger charge is 2.23. The molecule has 2 aromatic rings. The first-order valence-corrected chi connectivity index (χ1v) is 5.78. The van der Waals surface area contributed by atoms with Crippen LogP contribution in [-0.4, -0.2) is 7.05 Å². The monoisotopic (exact) mass is 301 g/mol. The fourth-order valence-electron chi connectivity index (χ4n) is 1.75. The molecule has 90 valence electrons. The van der Waals surface area contributed by atoms with E-state index in [4.69, 9.17) is 4.42 Å². The maximum absolute atomic E-state index is 13.7. The Hall–Kier alpha value is -1.20. The van der Waals surface area contributed by atoms with Crippen molar-refractivity contribution in [3.05, 3.63) is 58.0 Å². The van der Waals surface area contributed by atoms with Gasteiger partial charge in [-0.05, 0) is 41.2 Å². The third-order valence-electron chi connectivity index (χ3n) is 2.53. The van der Waals surface area contributed by atoms with Gasteiger partial charge in [-0.3, -0.25) is 0 Å². The Kier molecular flexibility index (Phi) is 3.59. The largest absolute Gasteiger partial charge is 0.457 e. The van der Waals surface area contributed by atoms with E-state index in [0.717, 1.165) is 0 Å². The molecule has 1 unspecified atom stereocenters. The summed E-state index contributed by atoms with van der Waals surface area (Å²) in [4.78, 5) is 0. The second kappa shape index (κ2) is 4.98. The summed E-state index contributed by atoms with van der Waals surface area (Å²) in [5.74, 6) is -1.17. The zero-order valence-electron chi connectivity index (χ0n) is 9.01. The number of hydrogen-bond acceptors (Lipinski definition) is 2. The first kappa shape index (κ1) is 12.3. The minimum absolute atomic E-state index is 0.0166. The van der Waals surface area contributed by atoms with Crippen molar-refractivity contribution in [3.63, 3.8) is 0 Å². The second-order valence-electron chi connectivity index (χ2n) is 3.51. The van der Waals surface area contributed by atoms with Gasteiger partial charge in [0.1, 0.15) is 11.6 Å². The molecule has 0 aliphatic carbocycles. The lowest BCUT2D eigenvalue weighted by Gasteiger charge is -2.17. The zero-order chi connectivity index (χ0) is 12.4. The molecule has 0 bridgehead atoms. The van der Waals surface area contributed by atoms with Crippen LogP contribution in [0.15, 0.2) is 39.6 Å². The van der Waals surface area contributed by atoms with Crippen LogP contribution in [0.5, 0.6) is 0 Å². The second-order valence-corrected chi connectivity index (χ2v) is 4.23. The molecule has 0 saturated carbocycles. The van der Waals surface area contributed by atoms with Gasteiger partial charge in [-0.25, -0.2) is 8.78 Å². The van der Waals surface area contributed by atoms with Gasteiger partial charge in [0, 0.05) is 11.1 Å². The molecule has 1 aromatic heterocycles. The predicted molar refractivity (Wildman–Crippen MR) is 63.7 cm³/mol. The van der Waals surface area contributed by atoms with Gasteiger partial charge >= 0.3 is 0 Å². The Labute approximate surface area is 106 Å². The highest BCUT2D eigenvalue weighted by molar-refractivity contribution is 9.10. The van der Waals surface area contributed by atoms with Crippen LogP contribution in [0, 0.1) is 11.6 Å². The van der Waals surface area contributed by atoms with Crippen LogP contribution in [0.25, 0.3) is 0 Å². The normalized spacial score (nSPS) is 12.7. The Morgan fingerprint density at radius 1 is 1.24 bits per heavy atom. The van der Waals surface area contributed by atoms with E-state index in [1.54, 1.807) is 13.1 Å². The molecule has 0 aliphatic rings. The molecule has 0 aliphatic heterocycles. The smallest absolute Gasteiger partial charge is 0.174 e. The third kappa shape index (κ3) is 2.25. The number of benzene rings is 1. The standard InChI is InChI=1S/C12H10BrF2NO/c1-16-11(7-5-6-17-12(7)13)10-8(14)3-2-4-9(10)15/h2-6,11,16H,1H3. The van der Waals surface area contributed by atoms with Crippen molar-refractivity contribution in [2.24, 2.45) is 0 Å². The van der Waals surface area contributed by atoms with Gasteiger partial charge in [0.05, 0.1) is 12.3 Å². The lowest BCUT2D eigenvalue weighted by molar-refractivity contribution is 0.506. The van der Waals surface area contributed by atoms with Crippen LogP contribution in [0.4, 0.5) is 8.78 Å². The third-order valence-corrected chi connectivity index (χ3v) is 3.18. The molecule has 17 heavy (non-hydrogen) atoms. The summed E-state index contributed by atoms with van der Waals surface area (Å²) in [6.45, 7) is 0. The van der Waals surface area contributed by atoms with Crippen molar-refractivity contribution in [1.82, 2.24) is 5.32 Å². The molecule has 1 heterocycles. The molecule has 5 heteroatoms. The van der Waals surface area contributed by atoms with Gasteiger partial charge in [-0.1, -0.05) is 6.07 Å². The summed E-state index contributed by atoms with van der Waals surface area (Å²) in [7, 11) is 1.63. The number of rotatable bonds is 3. The topological polar surface area (TPSA) is 25.2 Å². The van der Waals surface area contributed by atoms with Crippen molar-refractivity contribution in [2.45, 2.75) is 6.04 Å². The number of nitrogens with one attached hydrogen (secondary N) is 1. The maximum atomic E-state index is 13.7. The van der Waals surface area contributed by atoms with Crippen LogP contribution in [0.2, 0.25) is 0 Å². The summed E-state index contributed by atoms with van der Waals surface area (Å²) in [6, 6.07) is 4.87. The molecule has 2 nitrogen and oxygen atoms in total. The molecule has 2 rings (SSSR count). The van der Waals surface area contributed by atoms with Gasteiger partial charge in [0.15, 0.2) is 4.67 Å². The number of hydrogen-bond donors (Lipinski definition) is 1.